The van der Waals surface area contributed by atoms with E-state index >= 15 is 0 Å². The van der Waals surface area contributed by atoms with Crippen molar-refractivity contribution in [3.05, 3.63) is 47.4 Å². The molecular formula is C12H8F4N4O. The number of benzene rings is 1. The average molecular weight is 300 g/mol. The molecule has 0 aliphatic rings. The molecule has 0 aliphatic heterocycles. The van der Waals surface area contributed by atoms with Crippen molar-refractivity contribution in [3.63, 3.8) is 0 Å². The molecule has 21 heavy (non-hydrogen) atoms. The molecule has 9 heteroatoms. The Kier molecular flexibility index (Phi) is 3.74. The molecule has 0 amide bonds. The Morgan fingerprint density at radius 1 is 1.24 bits per heavy atom. The largest absolute Gasteiger partial charge is 0.437 e. The molecule has 0 radical (unpaired) electrons. The first kappa shape index (κ1) is 14.7. The highest BCUT2D eigenvalue weighted by Gasteiger charge is 2.34. The van der Waals surface area contributed by atoms with Crippen molar-refractivity contribution in [1.82, 2.24) is 10.2 Å². The van der Waals surface area contributed by atoms with Crippen molar-refractivity contribution in [2.24, 2.45) is 5.73 Å². The molecule has 110 valence electrons. The van der Waals surface area contributed by atoms with Gasteiger partial charge >= 0.3 is 6.18 Å². The Balaban J connectivity index is 2.40. The van der Waals surface area contributed by atoms with E-state index in [1.54, 1.807) is 0 Å². The number of halogens is 4. The van der Waals surface area contributed by atoms with Gasteiger partial charge in [-0.2, -0.15) is 18.3 Å². The summed E-state index contributed by atoms with van der Waals surface area (Å²) in [6.45, 7) is 0. The van der Waals surface area contributed by atoms with Crippen LogP contribution in [0.3, 0.4) is 0 Å². The van der Waals surface area contributed by atoms with Crippen LogP contribution in [0, 0.1) is 11.2 Å². The van der Waals surface area contributed by atoms with Gasteiger partial charge in [-0.15, -0.1) is 5.10 Å². The van der Waals surface area contributed by atoms with E-state index in [2.05, 4.69) is 10.2 Å². The Hall–Kier alpha value is -2.71. The molecule has 0 fully saturated rings. The lowest BCUT2D eigenvalue weighted by atomic mass is 10.2. The quantitative estimate of drug-likeness (QED) is 0.518. The molecular weight excluding hydrogens is 292 g/mol. The van der Waals surface area contributed by atoms with Crippen molar-refractivity contribution in [2.45, 2.75) is 6.18 Å². The van der Waals surface area contributed by atoms with Crippen LogP contribution in [0.1, 0.15) is 11.1 Å². The Morgan fingerprint density at radius 3 is 2.57 bits per heavy atom. The highest BCUT2D eigenvalue weighted by atomic mass is 19.4. The fourth-order valence-corrected chi connectivity index (χ4v) is 1.50. The fraction of sp³-hybridized carbons (Fsp3) is 0.0833. The molecule has 0 bridgehead atoms. The topological polar surface area (TPSA) is 84.9 Å². The van der Waals surface area contributed by atoms with Gasteiger partial charge in [0, 0.05) is 0 Å². The van der Waals surface area contributed by atoms with Crippen LogP contribution in [0.2, 0.25) is 0 Å². The molecule has 0 saturated heterocycles. The summed E-state index contributed by atoms with van der Waals surface area (Å²) in [6.07, 6.45) is -3.61. The van der Waals surface area contributed by atoms with Gasteiger partial charge in [0.2, 0.25) is 5.88 Å². The molecule has 1 heterocycles. The van der Waals surface area contributed by atoms with E-state index in [9.17, 15) is 17.6 Å². The molecule has 5 nitrogen and oxygen atoms in total. The summed E-state index contributed by atoms with van der Waals surface area (Å²) in [5, 5.41) is 14.3. The second-order valence-corrected chi connectivity index (χ2v) is 3.91. The first-order chi connectivity index (χ1) is 9.79. The lowest BCUT2D eigenvalue weighted by Crippen LogP contribution is -2.13. The number of rotatable bonds is 3. The van der Waals surface area contributed by atoms with Gasteiger partial charge in [-0.25, -0.2) is 4.39 Å². The zero-order chi connectivity index (χ0) is 15.6. The Labute approximate surface area is 115 Å². The number of aromatic nitrogens is 2. The molecule has 0 spiro atoms. The summed E-state index contributed by atoms with van der Waals surface area (Å²) in [6, 6.07) is 3.44. The maximum Gasteiger partial charge on any atom is 0.419 e. The molecule has 0 atom stereocenters. The van der Waals surface area contributed by atoms with Crippen molar-refractivity contribution < 1.29 is 22.3 Å². The smallest absolute Gasteiger partial charge is 0.419 e. The Morgan fingerprint density at radius 2 is 1.95 bits per heavy atom. The fourth-order valence-electron chi connectivity index (χ4n) is 1.50. The molecule has 1 aromatic carbocycles. The third-order valence-corrected chi connectivity index (χ3v) is 2.43. The van der Waals surface area contributed by atoms with Crippen molar-refractivity contribution in [2.75, 3.05) is 0 Å². The highest BCUT2D eigenvalue weighted by molar-refractivity contribution is 5.96. The lowest BCUT2D eigenvalue weighted by Gasteiger charge is -2.11. The molecule has 0 aliphatic carbocycles. The van der Waals surface area contributed by atoms with E-state index in [0.29, 0.717) is 12.1 Å². The second-order valence-electron chi connectivity index (χ2n) is 3.91. The molecule has 1 aromatic heterocycles. The van der Waals surface area contributed by atoms with E-state index in [-0.39, 0.29) is 17.2 Å². The van der Waals surface area contributed by atoms with Gasteiger partial charge in [-0.05, 0) is 24.3 Å². The van der Waals surface area contributed by atoms with Gasteiger partial charge in [0.05, 0.1) is 17.3 Å². The summed E-state index contributed by atoms with van der Waals surface area (Å²) < 4.78 is 56.0. The predicted molar refractivity (Wildman–Crippen MR) is 64.5 cm³/mol. The van der Waals surface area contributed by atoms with Gasteiger partial charge in [0.15, 0.2) is 0 Å². The summed E-state index contributed by atoms with van der Waals surface area (Å²) in [5.74, 6) is -2.35. The third-order valence-electron chi connectivity index (χ3n) is 2.43. The van der Waals surface area contributed by atoms with Gasteiger partial charge in [-0.1, -0.05) is 0 Å². The van der Waals surface area contributed by atoms with Gasteiger partial charge in [0.25, 0.3) is 0 Å². The van der Waals surface area contributed by atoms with Gasteiger partial charge < -0.3 is 10.5 Å². The van der Waals surface area contributed by atoms with Crippen LogP contribution < -0.4 is 10.5 Å². The first-order valence-corrected chi connectivity index (χ1v) is 5.49. The molecule has 2 rings (SSSR count). The van der Waals surface area contributed by atoms with E-state index < -0.39 is 23.4 Å². The number of hydrogen-bond acceptors (Lipinski definition) is 4. The van der Waals surface area contributed by atoms with Crippen molar-refractivity contribution >= 4 is 5.84 Å². The zero-order valence-electron chi connectivity index (χ0n) is 10.3. The minimum Gasteiger partial charge on any atom is -0.437 e. The van der Waals surface area contributed by atoms with Crippen molar-refractivity contribution in [1.29, 1.82) is 5.41 Å². The summed E-state index contributed by atoms with van der Waals surface area (Å²) in [4.78, 5) is 0. The molecule has 3 N–H and O–H groups in total. The Bertz CT molecular complexity index is 687. The highest BCUT2D eigenvalue weighted by Crippen LogP contribution is 2.34. The number of nitrogens with one attached hydrogen (secondary N) is 1. The maximum absolute atomic E-state index is 13.2. The number of nitrogens with two attached hydrogens (primary N) is 1. The first-order valence-electron chi connectivity index (χ1n) is 5.49. The normalized spacial score (nSPS) is 11.2. The van der Waals surface area contributed by atoms with E-state index in [1.807, 2.05) is 0 Å². The zero-order valence-corrected chi connectivity index (χ0v) is 10.3. The van der Waals surface area contributed by atoms with Crippen LogP contribution in [-0.2, 0) is 6.18 Å². The summed E-state index contributed by atoms with van der Waals surface area (Å²) in [5.41, 5.74) is 3.88. The van der Waals surface area contributed by atoms with Crippen LogP contribution in [0.25, 0.3) is 0 Å². The third kappa shape index (κ3) is 3.25. The van der Waals surface area contributed by atoms with Gasteiger partial charge in [0.1, 0.15) is 17.4 Å². The molecule has 2 aromatic rings. The second kappa shape index (κ2) is 5.35. The number of nitrogen functional groups attached to an aromatic ring is 1. The number of nitrogens with zero attached hydrogens (tertiary/aromatic N) is 2. The minimum atomic E-state index is -4.85. The average Bonchev–Trinajstić information content (AvgIpc) is 2.40. The van der Waals surface area contributed by atoms with Crippen LogP contribution in [0.15, 0.2) is 30.5 Å². The maximum atomic E-state index is 13.2. The van der Waals surface area contributed by atoms with Crippen LogP contribution in [0.5, 0.6) is 11.6 Å². The van der Waals surface area contributed by atoms with Crippen LogP contribution >= 0.6 is 0 Å². The molecule has 0 unspecified atom stereocenters. The van der Waals surface area contributed by atoms with Crippen LogP contribution in [0.4, 0.5) is 17.6 Å². The monoisotopic (exact) mass is 300 g/mol. The lowest BCUT2D eigenvalue weighted by molar-refractivity contribution is -0.140. The van der Waals surface area contributed by atoms with Crippen molar-refractivity contribution in [3.8, 4) is 11.6 Å². The van der Waals surface area contributed by atoms with E-state index in [1.165, 1.54) is 12.3 Å². The number of ether oxygens (including phenoxy) is 1. The SMILES string of the molecule is N=C(N)c1ccnnc1Oc1ccc(F)c(C(F)(F)F)c1. The van der Waals surface area contributed by atoms with E-state index in [4.69, 9.17) is 15.9 Å². The number of hydrogen-bond donors (Lipinski definition) is 2. The summed E-state index contributed by atoms with van der Waals surface area (Å²) >= 11 is 0. The van der Waals surface area contributed by atoms with Gasteiger partial charge in [-0.3, -0.25) is 5.41 Å². The minimum absolute atomic E-state index is 0.0582. The van der Waals surface area contributed by atoms with E-state index in [0.717, 1.165) is 6.07 Å². The standard InChI is InChI=1S/C12H8F4N4O/c13-9-2-1-6(5-8(9)12(14,15)16)21-11-7(10(17)18)3-4-19-20-11/h1-5H,(H3,17,18). The van der Waals surface area contributed by atoms with Crippen LogP contribution in [-0.4, -0.2) is 16.0 Å². The predicted octanol–water partition coefficient (Wildman–Crippen LogP) is 2.71. The number of alkyl halides is 3. The summed E-state index contributed by atoms with van der Waals surface area (Å²) in [7, 11) is 0. The number of amidine groups is 1. The molecule has 0 saturated carbocycles.